The largest absolute Gasteiger partial charge is 0.475 e. The zero-order valence-corrected chi connectivity index (χ0v) is 9.72. The average Bonchev–Trinajstić information content (AvgIpc) is 2.66. The van der Waals surface area contributed by atoms with Crippen molar-refractivity contribution in [3.05, 3.63) is 17.3 Å². The maximum absolute atomic E-state index is 10.9. The molecule has 2 bridgehead atoms. The molecule has 3 aliphatic rings. The number of fused-ring (bicyclic) bond motifs is 5. The minimum absolute atomic E-state index is 0.0253. The van der Waals surface area contributed by atoms with Crippen LogP contribution in [0.25, 0.3) is 0 Å². The monoisotopic (exact) mass is 233 g/mol. The Labute approximate surface area is 99.0 Å². The molecule has 0 aromatic carbocycles. The number of aryl methyl sites for hydroxylation is 1. The molecule has 0 saturated heterocycles. The molecule has 3 fully saturated rings. The highest BCUT2D eigenvalue weighted by molar-refractivity contribution is 5.85. The Morgan fingerprint density at radius 2 is 2.00 bits per heavy atom. The lowest BCUT2D eigenvalue weighted by molar-refractivity contribution is 0.0659. The van der Waals surface area contributed by atoms with E-state index in [-0.39, 0.29) is 5.76 Å². The van der Waals surface area contributed by atoms with E-state index in [2.05, 4.69) is 4.98 Å². The molecule has 90 valence electrons. The van der Waals surface area contributed by atoms with E-state index in [1.807, 2.05) is 0 Å². The number of hydrogen-bond donors (Lipinski definition) is 1. The first-order valence-electron chi connectivity index (χ1n) is 6.37. The van der Waals surface area contributed by atoms with Crippen molar-refractivity contribution in [2.45, 2.75) is 32.1 Å². The third-order valence-corrected chi connectivity index (χ3v) is 5.03. The van der Waals surface area contributed by atoms with Crippen molar-refractivity contribution in [3.8, 4) is 0 Å². The summed E-state index contributed by atoms with van der Waals surface area (Å²) in [6.07, 6.45) is 4.10. The maximum atomic E-state index is 10.9. The molecule has 4 heteroatoms. The van der Waals surface area contributed by atoms with Crippen molar-refractivity contribution < 1.29 is 14.3 Å². The van der Waals surface area contributed by atoms with E-state index in [1.165, 1.54) is 19.3 Å². The summed E-state index contributed by atoms with van der Waals surface area (Å²) in [5.41, 5.74) is 0.518. The highest BCUT2D eigenvalue weighted by atomic mass is 16.4. The number of nitrogens with zero attached hydrogens (tertiary/aromatic N) is 1. The van der Waals surface area contributed by atoms with Gasteiger partial charge >= 0.3 is 5.97 Å². The number of oxazole rings is 1. The number of carbonyl (C=O) groups is 1. The van der Waals surface area contributed by atoms with Gasteiger partial charge in [-0.2, -0.15) is 0 Å². The van der Waals surface area contributed by atoms with Crippen LogP contribution in [0.2, 0.25) is 0 Å². The van der Waals surface area contributed by atoms with Gasteiger partial charge in [0.25, 0.3) is 0 Å². The molecule has 1 aromatic rings. The molecule has 1 heterocycles. The molecule has 1 aromatic heterocycles. The minimum atomic E-state index is -1.00. The Hall–Kier alpha value is -1.32. The Morgan fingerprint density at radius 1 is 1.35 bits per heavy atom. The lowest BCUT2D eigenvalue weighted by Crippen LogP contribution is -1.97. The van der Waals surface area contributed by atoms with Crippen LogP contribution in [0.5, 0.6) is 0 Å². The summed E-state index contributed by atoms with van der Waals surface area (Å²) < 4.78 is 5.45. The Morgan fingerprint density at radius 3 is 2.53 bits per heavy atom. The normalized spacial score (nSPS) is 41.6. The summed E-state index contributed by atoms with van der Waals surface area (Å²) in [5, 5.41) is 8.97. The molecule has 0 radical (unpaired) electrons. The van der Waals surface area contributed by atoms with Crippen molar-refractivity contribution in [1.82, 2.24) is 4.98 Å². The molecule has 0 aliphatic heterocycles. The van der Waals surface area contributed by atoms with Crippen LogP contribution >= 0.6 is 0 Å². The standard InChI is InChI=1S/C13H15NO3/c1-5-11(13(15)16)17-12(14-5)10-8-6-2-3-7(4-6)9(8)10/h6-10H,2-4H2,1H3,(H,15,16). The third kappa shape index (κ3) is 1.13. The predicted octanol–water partition coefficient (Wildman–Crippen LogP) is 2.44. The van der Waals surface area contributed by atoms with E-state index in [1.54, 1.807) is 6.92 Å². The van der Waals surface area contributed by atoms with E-state index >= 15 is 0 Å². The van der Waals surface area contributed by atoms with Gasteiger partial charge in [-0.1, -0.05) is 0 Å². The van der Waals surface area contributed by atoms with Gasteiger partial charge in [-0.15, -0.1) is 0 Å². The highest BCUT2D eigenvalue weighted by Crippen LogP contribution is 2.72. The van der Waals surface area contributed by atoms with Gasteiger partial charge in [0.05, 0.1) is 5.69 Å². The Kier molecular flexibility index (Phi) is 1.66. The fraction of sp³-hybridized carbons (Fsp3) is 0.692. The van der Waals surface area contributed by atoms with Crippen LogP contribution < -0.4 is 0 Å². The molecular weight excluding hydrogens is 218 g/mol. The topological polar surface area (TPSA) is 63.3 Å². The maximum Gasteiger partial charge on any atom is 0.373 e. The van der Waals surface area contributed by atoms with Gasteiger partial charge in [-0.25, -0.2) is 9.78 Å². The van der Waals surface area contributed by atoms with Crippen molar-refractivity contribution in [1.29, 1.82) is 0 Å². The molecule has 1 N–H and O–H groups in total. The summed E-state index contributed by atoms with van der Waals surface area (Å²) in [4.78, 5) is 15.3. The quantitative estimate of drug-likeness (QED) is 0.852. The molecule has 17 heavy (non-hydrogen) atoms. The van der Waals surface area contributed by atoms with Crippen molar-refractivity contribution in [3.63, 3.8) is 0 Å². The van der Waals surface area contributed by atoms with Gasteiger partial charge in [0.15, 0.2) is 5.89 Å². The van der Waals surface area contributed by atoms with E-state index in [9.17, 15) is 4.79 Å². The Balaban J connectivity index is 1.65. The fourth-order valence-corrected chi connectivity index (χ4v) is 4.41. The smallest absolute Gasteiger partial charge is 0.373 e. The summed E-state index contributed by atoms with van der Waals surface area (Å²) in [7, 11) is 0. The van der Waals surface area contributed by atoms with Crippen molar-refractivity contribution >= 4 is 5.97 Å². The minimum Gasteiger partial charge on any atom is -0.475 e. The van der Waals surface area contributed by atoms with Crippen molar-refractivity contribution in [2.75, 3.05) is 0 Å². The molecule has 3 aliphatic carbocycles. The van der Waals surface area contributed by atoms with Crippen molar-refractivity contribution in [2.24, 2.45) is 23.7 Å². The van der Waals surface area contributed by atoms with Crippen LogP contribution in [-0.2, 0) is 0 Å². The first-order chi connectivity index (χ1) is 8.16. The molecule has 4 nitrogen and oxygen atoms in total. The van der Waals surface area contributed by atoms with Crippen LogP contribution in [-0.4, -0.2) is 16.1 Å². The zero-order chi connectivity index (χ0) is 11.7. The summed E-state index contributed by atoms with van der Waals surface area (Å²) in [6, 6.07) is 0. The fourth-order valence-electron chi connectivity index (χ4n) is 4.41. The number of carboxylic acids is 1. The van der Waals surface area contributed by atoms with Gasteiger partial charge in [0.1, 0.15) is 0 Å². The first kappa shape index (κ1) is 9.68. The number of aromatic nitrogens is 1. The molecule has 3 saturated carbocycles. The van der Waals surface area contributed by atoms with Crippen LogP contribution in [0.15, 0.2) is 4.42 Å². The summed E-state index contributed by atoms with van der Waals surface area (Å²) in [5.74, 6) is 3.33. The number of aromatic carboxylic acids is 1. The van der Waals surface area contributed by atoms with Gasteiger partial charge in [0.2, 0.25) is 5.76 Å². The van der Waals surface area contributed by atoms with Gasteiger partial charge < -0.3 is 9.52 Å². The van der Waals surface area contributed by atoms with Crippen LogP contribution in [0.4, 0.5) is 0 Å². The second kappa shape index (κ2) is 2.92. The summed E-state index contributed by atoms with van der Waals surface area (Å²) >= 11 is 0. The molecule has 0 amide bonds. The van der Waals surface area contributed by atoms with Gasteiger partial charge in [-0.05, 0) is 49.9 Å². The van der Waals surface area contributed by atoms with Gasteiger partial charge in [-0.3, -0.25) is 0 Å². The molecule has 4 unspecified atom stereocenters. The summed E-state index contributed by atoms with van der Waals surface area (Å²) in [6.45, 7) is 1.71. The first-order valence-corrected chi connectivity index (χ1v) is 6.37. The predicted molar refractivity (Wildman–Crippen MR) is 58.8 cm³/mol. The number of rotatable bonds is 2. The van der Waals surface area contributed by atoms with Gasteiger partial charge in [0, 0.05) is 5.92 Å². The van der Waals surface area contributed by atoms with E-state index in [0.29, 0.717) is 17.5 Å². The number of hydrogen-bond acceptors (Lipinski definition) is 3. The van der Waals surface area contributed by atoms with E-state index in [4.69, 9.17) is 9.52 Å². The third-order valence-electron chi connectivity index (χ3n) is 5.03. The average molecular weight is 233 g/mol. The molecular formula is C13H15NO3. The molecule has 0 spiro atoms. The zero-order valence-electron chi connectivity index (χ0n) is 9.72. The second-order valence-electron chi connectivity index (χ2n) is 5.79. The highest BCUT2D eigenvalue weighted by Gasteiger charge is 2.67. The van der Waals surface area contributed by atoms with Crippen LogP contribution in [0, 0.1) is 30.6 Å². The molecule has 4 atom stereocenters. The lowest BCUT2D eigenvalue weighted by atomic mass is 10.0. The molecule has 4 rings (SSSR count). The second-order valence-corrected chi connectivity index (χ2v) is 5.79. The van der Waals surface area contributed by atoms with E-state index < -0.39 is 5.97 Å². The number of carboxylic acid groups (broad SMARTS) is 1. The Bertz CT molecular complexity index is 491. The van der Waals surface area contributed by atoms with Crippen LogP contribution in [0.1, 0.15) is 47.3 Å². The SMILES string of the molecule is Cc1nc(C2C3C4CCC(C4)C23)oc1C(=O)O. The lowest BCUT2D eigenvalue weighted by Gasteiger charge is -2.04. The van der Waals surface area contributed by atoms with E-state index in [0.717, 1.165) is 23.7 Å². The van der Waals surface area contributed by atoms with Crippen LogP contribution in [0.3, 0.4) is 0 Å².